The van der Waals surface area contributed by atoms with Crippen molar-refractivity contribution in [1.29, 1.82) is 0 Å². The molecule has 0 saturated carbocycles. The van der Waals surface area contributed by atoms with E-state index in [1.807, 2.05) is 44.2 Å². The maximum Gasteiger partial charge on any atom is 0.243 e. The van der Waals surface area contributed by atoms with E-state index in [2.05, 4.69) is 10.6 Å². The van der Waals surface area contributed by atoms with E-state index in [1.54, 1.807) is 0 Å². The number of rotatable bonds is 9. The van der Waals surface area contributed by atoms with Gasteiger partial charge < -0.3 is 10.6 Å². The van der Waals surface area contributed by atoms with Crippen molar-refractivity contribution < 1.29 is 22.4 Å². The second kappa shape index (κ2) is 11.6. The minimum atomic E-state index is -3.84. The number of sulfonamides is 1. The molecule has 0 unspecified atom stereocenters. The Kier molecular flexibility index (Phi) is 8.79. The standard InChI is InChI=1S/C25H32FN3O4S/c1-3-18(2)23(25(31)27-16-19-8-5-4-6-9-19)28-24(30)20-10-7-15-29(17-20)34(32,33)22-13-11-21(26)12-14-22/h4-6,8-9,11-14,18,20,23H,3,7,10,15-17H2,1-2H3,(H,27,31)(H,28,30)/t18-,20+,23+/m1/s1. The number of halogens is 1. The summed E-state index contributed by atoms with van der Waals surface area (Å²) in [7, 11) is -3.84. The third kappa shape index (κ3) is 6.42. The Hall–Kier alpha value is -2.78. The van der Waals surface area contributed by atoms with Crippen molar-refractivity contribution in [3.63, 3.8) is 0 Å². The number of carbonyl (C=O) groups is 2. The van der Waals surface area contributed by atoms with Gasteiger partial charge in [0.2, 0.25) is 21.8 Å². The molecule has 2 amide bonds. The Morgan fingerprint density at radius 2 is 1.79 bits per heavy atom. The van der Waals surface area contributed by atoms with Gasteiger partial charge in [0.1, 0.15) is 11.9 Å². The summed E-state index contributed by atoms with van der Waals surface area (Å²) in [6.45, 7) is 4.51. The zero-order valence-corrected chi connectivity index (χ0v) is 20.4. The van der Waals surface area contributed by atoms with Crippen LogP contribution in [0.5, 0.6) is 0 Å². The van der Waals surface area contributed by atoms with Crippen molar-refractivity contribution in [1.82, 2.24) is 14.9 Å². The molecule has 0 radical (unpaired) electrons. The Labute approximate surface area is 200 Å². The molecule has 2 aromatic rings. The van der Waals surface area contributed by atoms with Gasteiger partial charge in [-0.25, -0.2) is 12.8 Å². The van der Waals surface area contributed by atoms with Gasteiger partial charge in [-0.2, -0.15) is 4.31 Å². The average molecular weight is 490 g/mol. The molecule has 3 atom stereocenters. The minimum Gasteiger partial charge on any atom is -0.350 e. The number of benzene rings is 2. The number of nitrogens with zero attached hydrogens (tertiary/aromatic N) is 1. The first kappa shape index (κ1) is 25.8. The van der Waals surface area contributed by atoms with Crippen molar-refractivity contribution in [2.24, 2.45) is 11.8 Å². The quantitative estimate of drug-likeness (QED) is 0.566. The zero-order valence-electron chi connectivity index (χ0n) is 19.5. The highest BCUT2D eigenvalue weighted by atomic mass is 32.2. The summed E-state index contributed by atoms with van der Waals surface area (Å²) in [6.07, 6.45) is 1.74. The second-order valence-electron chi connectivity index (χ2n) is 8.73. The van der Waals surface area contributed by atoms with Crippen LogP contribution < -0.4 is 10.6 Å². The normalized spacial score (nSPS) is 18.6. The Bertz CT molecular complexity index is 1080. The van der Waals surface area contributed by atoms with Crippen molar-refractivity contribution >= 4 is 21.8 Å². The van der Waals surface area contributed by atoms with Crippen LogP contribution in [0.25, 0.3) is 0 Å². The van der Waals surface area contributed by atoms with E-state index in [4.69, 9.17) is 0 Å². The molecule has 184 valence electrons. The molecule has 0 bridgehead atoms. The number of hydrogen-bond donors (Lipinski definition) is 2. The monoisotopic (exact) mass is 489 g/mol. The van der Waals surface area contributed by atoms with E-state index in [0.717, 1.165) is 17.7 Å². The summed E-state index contributed by atoms with van der Waals surface area (Å²) in [5.41, 5.74) is 0.957. The van der Waals surface area contributed by atoms with E-state index < -0.39 is 27.8 Å². The van der Waals surface area contributed by atoms with Crippen LogP contribution in [0.4, 0.5) is 4.39 Å². The molecule has 0 spiro atoms. The maximum atomic E-state index is 13.2. The van der Waals surface area contributed by atoms with Crippen LogP contribution in [0.3, 0.4) is 0 Å². The van der Waals surface area contributed by atoms with Gasteiger partial charge >= 0.3 is 0 Å². The topological polar surface area (TPSA) is 95.6 Å². The van der Waals surface area contributed by atoms with Gasteiger partial charge in [-0.15, -0.1) is 0 Å². The zero-order chi connectivity index (χ0) is 24.7. The molecule has 3 rings (SSSR count). The van der Waals surface area contributed by atoms with Gasteiger partial charge in [-0.3, -0.25) is 9.59 Å². The fourth-order valence-electron chi connectivity index (χ4n) is 4.00. The Morgan fingerprint density at radius 1 is 1.12 bits per heavy atom. The van der Waals surface area contributed by atoms with Crippen molar-refractivity contribution in [2.45, 2.75) is 50.6 Å². The summed E-state index contributed by atoms with van der Waals surface area (Å²) < 4.78 is 40.4. The first-order valence-electron chi connectivity index (χ1n) is 11.6. The van der Waals surface area contributed by atoms with Crippen LogP contribution in [0, 0.1) is 17.7 Å². The van der Waals surface area contributed by atoms with Crippen molar-refractivity contribution in [3.8, 4) is 0 Å². The van der Waals surface area contributed by atoms with Gasteiger partial charge in [0.15, 0.2) is 0 Å². The highest BCUT2D eigenvalue weighted by Gasteiger charge is 2.35. The summed E-state index contributed by atoms with van der Waals surface area (Å²) in [4.78, 5) is 26.0. The van der Waals surface area contributed by atoms with Crippen molar-refractivity contribution in [2.75, 3.05) is 13.1 Å². The van der Waals surface area contributed by atoms with E-state index in [9.17, 15) is 22.4 Å². The number of hydrogen-bond acceptors (Lipinski definition) is 4. The molecule has 1 aliphatic heterocycles. The van der Waals surface area contributed by atoms with Crippen LogP contribution in [0.15, 0.2) is 59.5 Å². The molecule has 1 heterocycles. The molecule has 9 heteroatoms. The van der Waals surface area contributed by atoms with Crippen LogP contribution in [-0.4, -0.2) is 43.7 Å². The third-order valence-electron chi connectivity index (χ3n) is 6.31. The smallest absolute Gasteiger partial charge is 0.243 e. The van der Waals surface area contributed by atoms with Gasteiger partial charge in [-0.05, 0) is 48.6 Å². The predicted molar refractivity (Wildman–Crippen MR) is 128 cm³/mol. The lowest BCUT2D eigenvalue weighted by Crippen LogP contribution is -2.53. The summed E-state index contributed by atoms with van der Waals surface area (Å²) in [6, 6.07) is 13.5. The van der Waals surface area contributed by atoms with Crippen LogP contribution in [0.2, 0.25) is 0 Å². The van der Waals surface area contributed by atoms with E-state index in [-0.39, 0.29) is 35.7 Å². The molecule has 1 fully saturated rings. The molecule has 34 heavy (non-hydrogen) atoms. The average Bonchev–Trinajstić information content (AvgIpc) is 2.86. The minimum absolute atomic E-state index is 0.00673. The van der Waals surface area contributed by atoms with Gasteiger partial charge in [-0.1, -0.05) is 50.6 Å². The molecule has 0 aliphatic carbocycles. The molecular weight excluding hydrogens is 457 g/mol. The molecule has 2 N–H and O–H groups in total. The number of carbonyl (C=O) groups excluding carboxylic acids is 2. The largest absolute Gasteiger partial charge is 0.350 e. The SMILES string of the molecule is CC[C@@H](C)[C@H](NC(=O)[C@H]1CCCN(S(=O)(=O)c2ccc(F)cc2)C1)C(=O)NCc1ccccc1. The van der Waals surface area contributed by atoms with Crippen LogP contribution in [-0.2, 0) is 26.2 Å². The fourth-order valence-corrected chi connectivity index (χ4v) is 5.52. The number of piperidine rings is 1. The molecule has 7 nitrogen and oxygen atoms in total. The molecule has 2 aromatic carbocycles. The van der Waals surface area contributed by atoms with Gasteiger partial charge in [0.25, 0.3) is 0 Å². The van der Waals surface area contributed by atoms with Gasteiger partial charge in [0.05, 0.1) is 10.8 Å². The Balaban J connectivity index is 1.66. The highest BCUT2D eigenvalue weighted by Crippen LogP contribution is 2.24. The first-order chi connectivity index (χ1) is 16.2. The molecular formula is C25H32FN3O4S. The summed E-state index contributed by atoms with van der Waals surface area (Å²) in [5, 5.41) is 5.76. The second-order valence-corrected chi connectivity index (χ2v) is 10.7. The summed E-state index contributed by atoms with van der Waals surface area (Å²) >= 11 is 0. The number of nitrogens with one attached hydrogen (secondary N) is 2. The van der Waals surface area contributed by atoms with Gasteiger partial charge in [0, 0.05) is 19.6 Å². The predicted octanol–water partition coefficient (Wildman–Crippen LogP) is 3.07. The first-order valence-corrected chi connectivity index (χ1v) is 13.0. The van der Waals surface area contributed by atoms with Crippen LogP contribution in [0.1, 0.15) is 38.7 Å². The lowest BCUT2D eigenvalue weighted by molar-refractivity contribution is -0.133. The van der Waals surface area contributed by atoms with Crippen LogP contribution >= 0.6 is 0 Å². The fraction of sp³-hybridized carbons (Fsp3) is 0.440. The van der Waals surface area contributed by atoms with E-state index in [1.165, 1.54) is 16.4 Å². The third-order valence-corrected chi connectivity index (χ3v) is 8.19. The van der Waals surface area contributed by atoms with E-state index in [0.29, 0.717) is 25.8 Å². The molecule has 1 saturated heterocycles. The Morgan fingerprint density at radius 3 is 2.44 bits per heavy atom. The summed E-state index contributed by atoms with van der Waals surface area (Å²) in [5.74, 6) is -1.78. The molecule has 1 aliphatic rings. The van der Waals surface area contributed by atoms with Crippen molar-refractivity contribution in [3.05, 3.63) is 66.0 Å². The number of amides is 2. The lowest BCUT2D eigenvalue weighted by Gasteiger charge is -2.32. The van der Waals surface area contributed by atoms with E-state index >= 15 is 0 Å². The maximum absolute atomic E-state index is 13.2. The lowest BCUT2D eigenvalue weighted by atomic mass is 9.94. The highest BCUT2D eigenvalue weighted by molar-refractivity contribution is 7.89. The molecule has 0 aromatic heterocycles.